The Morgan fingerprint density at radius 2 is 1.81 bits per heavy atom. The molecule has 0 fully saturated rings. The molecule has 108 valence electrons. The Balaban J connectivity index is 2.07. The van der Waals surface area contributed by atoms with Gasteiger partial charge in [-0.2, -0.15) is 0 Å². The lowest BCUT2D eigenvalue weighted by Crippen LogP contribution is -2.16. The van der Waals surface area contributed by atoms with Crippen LogP contribution < -0.4 is 5.32 Å². The first-order valence-electron chi connectivity index (χ1n) is 6.69. The second kappa shape index (κ2) is 6.70. The third kappa shape index (κ3) is 4.45. The van der Waals surface area contributed by atoms with Crippen LogP contribution >= 0.6 is 0 Å². The van der Waals surface area contributed by atoms with E-state index in [0.29, 0.717) is 11.3 Å². The first-order chi connectivity index (χ1) is 10.0. The monoisotopic (exact) mass is 283 g/mol. The van der Waals surface area contributed by atoms with E-state index in [0.717, 1.165) is 11.1 Å². The van der Waals surface area contributed by atoms with Crippen molar-refractivity contribution in [3.05, 3.63) is 65.2 Å². The zero-order valence-electron chi connectivity index (χ0n) is 11.8. The van der Waals surface area contributed by atoms with E-state index in [1.165, 1.54) is 0 Å². The van der Waals surface area contributed by atoms with Crippen LogP contribution in [0.1, 0.15) is 16.7 Å². The Hall–Kier alpha value is -2.62. The van der Waals surface area contributed by atoms with Gasteiger partial charge in [-0.1, -0.05) is 48.0 Å². The second-order valence-electron chi connectivity index (χ2n) is 4.94. The number of carbonyl (C=O) groups excluding carboxylic acids is 1. The van der Waals surface area contributed by atoms with Gasteiger partial charge in [0.2, 0.25) is 5.91 Å². The van der Waals surface area contributed by atoms with Gasteiger partial charge >= 0.3 is 5.97 Å². The highest BCUT2D eigenvalue weighted by Crippen LogP contribution is 2.16. The molecule has 4 nitrogen and oxygen atoms in total. The third-order valence-electron chi connectivity index (χ3n) is 3.08. The van der Waals surface area contributed by atoms with Crippen LogP contribution in [0.4, 0.5) is 5.69 Å². The van der Waals surface area contributed by atoms with Crippen LogP contribution in [0.5, 0.6) is 0 Å². The Kier molecular flexibility index (Phi) is 4.72. The average Bonchev–Trinajstić information content (AvgIpc) is 2.40. The topological polar surface area (TPSA) is 66.4 Å². The molecule has 0 aliphatic carbocycles. The number of para-hydroxylation sites is 1. The van der Waals surface area contributed by atoms with Crippen LogP contribution in [-0.4, -0.2) is 17.0 Å². The van der Waals surface area contributed by atoms with Gasteiger partial charge in [-0.3, -0.25) is 9.59 Å². The molecule has 2 N–H and O–H groups in total. The molecule has 0 radical (unpaired) electrons. The van der Waals surface area contributed by atoms with Crippen LogP contribution in [0.3, 0.4) is 0 Å². The first-order valence-corrected chi connectivity index (χ1v) is 6.69. The van der Waals surface area contributed by atoms with Crippen molar-refractivity contribution in [2.75, 3.05) is 5.32 Å². The molecule has 2 aromatic carbocycles. The molecule has 0 saturated heterocycles. The maximum absolute atomic E-state index is 12.1. The summed E-state index contributed by atoms with van der Waals surface area (Å²) in [4.78, 5) is 22.9. The fraction of sp³-hybridized carbons (Fsp3) is 0.176. The summed E-state index contributed by atoms with van der Waals surface area (Å²) in [6.07, 6.45) is 0.157. The van der Waals surface area contributed by atoms with Crippen LogP contribution in [0.25, 0.3) is 0 Å². The SMILES string of the molecule is Cc1cccc(CC(=O)Nc2ccccc2CC(=O)O)c1. The molecule has 4 heteroatoms. The molecule has 0 atom stereocenters. The lowest BCUT2D eigenvalue weighted by molar-refractivity contribution is -0.136. The number of carboxylic acid groups (broad SMARTS) is 1. The number of anilines is 1. The van der Waals surface area contributed by atoms with Crippen molar-refractivity contribution < 1.29 is 14.7 Å². The van der Waals surface area contributed by atoms with Gasteiger partial charge in [0.05, 0.1) is 12.8 Å². The summed E-state index contributed by atoms with van der Waals surface area (Å²) >= 11 is 0. The fourth-order valence-corrected chi connectivity index (χ4v) is 2.16. The van der Waals surface area contributed by atoms with Crippen molar-refractivity contribution >= 4 is 17.6 Å². The zero-order valence-corrected chi connectivity index (χ0v) is 11.8. The van der Waals surface area contributed by atoms with Gasteiger partial charge in [0, 0.05) is 5.69 Å². The third-order valence-corrected chi connectivity index (χ3v) is 3.08. The fourth-order valence-electron chi connectivity index (χ4n) is 2.16. The van der Waals surface area contributed by atoms with E-state index in [4.69, 9.17) is 5.11 Å². The highest BCUT2D eigenvalue weighted by Gasteiger charge is 2.09. The molecule has 0 heterocycles. The average molecular weight is 283 g/mol. The number of aliphatic carboxylic acids is 1. The van der Waals surface area contributed by atoms with E-state index in [2.05, 4.69) is 5.32 Å². The molecular formula is C17H17NO3. The van der Waals surface area contributed by atoms with E-state index >= 15 is 0 Å². The minimum atomic E-state index is -0.921. The normalized spacial score (nSPS) is 10.1. The molecule has 2 rings (SSSR count). The summed E-state index contributed by atoms with van der Waals surface area (Å²) < 4.78 is 0. The van der Waals surface area contributed by atoms with E-state index in [1.807, 2.05) is 31.2 Å². The number of nitrogens with one attached hydrogen (secondary N) is 1. The predicted octanol–water partition coefficient (Wildman–Crippen LogP) is 2.80. The van der Waals surface area contributed by atoms with Gasteiger partial charge in [-0.05, 0) is 24.1 Å². The standard InChI is InChI=1S/C17H17NO3/c1-12-5-4-6-13(9-12)10-16(19)18-15-8-3-2-7-14(15)11-17(20)21/h2-9H,10-11H2,1H3,(H,18,19)(H,20,21). The van der Waals surface area contributed by atoms with E-state index in [9.17, 15) is 9.59 Å². The van der Waals surface area contributed by atoms with Crippen molar-refractivity contribution in [3.63, 3.8) is 0 Å². The van der Waals surface area contributed by atoms with Crippen molar-refractivity contribution in [1.29, 1.82) is 0 Å². The molecule has 0 aromatic heterocycles. The number of amides is 1. The summed E-state index contributed by atoms with van der Waals surface area (Å²) in [7, 11) is 0. The largest absolute Gasteiger partial charge is 0.481 e. The second-order valence-corrected chi connectivity index (χ2v) is 4.94. The Morgan fingerprint density at radius 3 is 2.52 bits per heavy atom. The van der Waals surface area contributed by atoms with E-state index < -0.39 is 5.97 Å². The van der Waals surface area contributed by atoms with Crippen molar-refractivity contribution in [1.82, 2.24) is 0 Å². The van der Waals surface area contributed by atoms with Crippen molar-refractivity contribution in [2.45, 2.75) is 19.8 Å². The summed E-state index contributed by atoms with van der Waals surface area (Å²) in [6.45, 7) is 1.98. The van der Waals surface area contributed by atoms with Gasteiger partial charge in [0.15, 0.2) is 0 Å². The Labute approximate surface area is 123 Å². The minimum absolute atomic E-state index is 0.110. The van der Waals surface area contributed by atoms with Crippen LogP contribution in [0.2, 0.25) is 0 Å². The number of aryl methyl sites for hydroxylation is 1. The number of carboxylic acids is 1. The molecular weight excluding hydrogens is 266 g/mol. The number of benzene rings is 2. The molecule has 0 spiro atoms. The maximum Gasteiger partial charge on any atom is 0.307 e. The lowest BCUT2D eigenvalue weighted by atomic mass is 10.1. The summed E-state index contributed by atoms with van der Waals surface area (Å²) in [5, 5.41) is 11.7. The summed E-state index contributed by atoms with van der Waals surface area (Å²) in [6, 6.07) is 14.7. The Bertz CT molecular complexity index is 665. The molecule has 21 heavy (non-hydrogen) atoms. The molecule has 0 unspecified atom stereocenters. The summed E-state index contributed by atoms with van der Waals surface area (Å²) in [5.41, 5.74) is 3.19. The molecule has 1 amide bonds. The zero-order chi connectivity index (χ0) is 15.2. The van der Waals surface area contributed by atoms with Crippen molar-refractivity contribution in [3.8, 4) is 0 Å². The number of hydrogen-bond acceptors (Lipinski definition) is 2. The molecule has 0 saturated carbocycles. The minimum Gasteiger partial charge on any atom is -0.481 e. The van der Waals surface area contributed by atoms with Crippen molar-refractivity contribution in [2.24, 2.45) is 0 Å². The van der Waals surface area contributed by atoms with Crippen LogP contribution in [0, 0.1) is 6.92 Å². The number of hydrogen-bond donors (Lipinski definition) is 2. The highest BCUT2D eigenvalue weighted by atomic mass is 16.4. The van der Waals surface area contributed by atoms with Gasteiger partial charge in [0.25, 0.3) is 0 Å². The molecule has 0 bridgehead atoms. The van der Waals surface area contributed by atoms with Gasteiger partial charge in [0.1, 0.15) is 0 Å². The predicted molar refractivity (Wildman–Crippen MR) is 81.3 cm³/mol. The number of rotatable bonds is 5. The first kappa shape index (κ1) is 14.8. The van der Waals surface area contributed by atoms with Crippen LogP contribution in [0.15, 0.2) is 48.5 Å². The maximum atomic E-state index is 12.1. The van der Waals surface area contributed by atoms with Gasteiger partial charge in [-0.25, -0.2) is 0 Å². The lowest BCUT2D eigenvalue weighted by Gasteiger charge is -2.10. The van der Waals surface area contributed by atoms with E-state index in [-0.39, 0.29) is 18.7 Å². The quantitative estimate of drug-likeness (QED) is 0.886. The molecule has 2 aromatic rings. The van der Waals surface area contributed by atoms with E-state index in [1.54, 1.807) is 24.3 Å². The highest BCUT2D eigenvalue weighted by molar-refractivity contribution is 5.93. The Morgan fingerprint density at radius 1 is 1.05 bits per heavy atom. The van der Waals surface area contributed by atoms with Gasteiger partial charge < -0.3 is 10.4 Å². The molecule has 0 aliphatic rings. The molecule has 0 aliphatic heterocycles. The van der Waals surface area contributed by atoms with Gasteiger partial charge in [-0.15, -0.1) is 0 Å². The summed E-state index contributed by atoms with van der Waals surface area (Å²) in [5.74, 6) is -1.08. The number of carbonyl (C=O) groups is 2. The smallest absolute Gasteiger partial charge is 0.307 e. The van der Waals surface area contributed by atoms with Crippen LogP contribution in [-0.2, 0) is 22.4 Å².